The SMILES string of the molecule is CNc1nc(Sc2ccccc2F)c2ccccc2n1. The van der Waals surface area contributed by atoms with Gasteiger partial charge < -0.3 is 5.32 Å². The van der Waals surface area contributed by atoms with Crippen molar-refractivity contribution in [1.82, 2.24) is 9.97 Å². The molecule has 0 aliphatic heterocycles. The lowest BCUT2D eigenvalue weighted by molar-refractivity contribution is 0.602. The van der Waals surface area contributed by atoms with Gasteiger partial charge in [0.05, 0.1) is 5.52 Å². The molecule has 5 heteroatoms. The first-order chi connectivity index (χ1) is 9.78. The third kappa shape index (κ3) is 2.44. The molecule has 0 unspecified atom stereocenters. The number of hydrogen-bond donors (Lipinski definition) is 1. The standard InChI is InChI=1S/C15H12FN3S/c1-17-15-18-12-8-4-2-6-10(12)14(19-15)20-13-9-5-3-7-11(13)16/h2-9H,1H3,(H,17,18,19). The van der Waals surface area contributed by atoms with Crippen molar-refractivity contribution in [3.05, 3.63) is 54.3 Å². The molecule has 100 valence electrons. The van der Waals surface area contributed by atoms with Crippen LogP contribution in [0, 0.1) is 5.82 Å². The van der Waals surface area contributed by atoms with Crippen LogP contribution >= 0.6 is 11.8 Å². The van der Waals surface area contributed by atoms with Crippen LogP contribution in [0.2, 0.25) is 0 Å². The zero-order valence-corrected chi connectivity index (χ0v) is 11.6. The van der Waals surface area contributed by atoms with Gasteiger partial charge in [-0.25, -0.2) is 14.4 Å². The van der Waals surface area contributed by atoms with Crippen LogP contribution in [0.15, 0.2) is 58.5 Å². The van der Waals surface area contributed by atoms with Crippen molar-refractivity contribution < 1.29 is 4.39 Å². The van der Waals surface area contributed by atoms with Gasteiger partial charge >= 0.3 is 0 Å². The Kier molecular flexibility index (Phi) is 3.52. The van der Waals surface area contributed by atoms with Crippen LogP contribution in [0.4, 0.5) is 10.3 Å². The molecule has 0 bridgehead atoms. The van der Waals surface area contributed by atoms with Crippen molar-refractivity contribution in [1.29, 1.82) is 0 Å². The fourth-order valence-corrected chi connectivity index (χ4v) is 2.80. The largest absolute Gasteiger partial charge is 0.357 e. The second kappa shape index (κ2) is 5.46. The topological polar surface area (TPSA) is 37.8 Å². The Morgan fingerprint density at radius 2 is 1.75 bits per heavy atom. The van der Waals surface area contributed by atoms with E-state index in [9.17, 15) is 4.39 Å². The molecule has 3 rings (SSSR count). The summed E-state index contributed by atoms with van der Waals surface area (Å²) in [4.78, 5) is 9.37. The Balaban J connectivity index is 2.13. The summed E-state index contributed by atoms with van der Waals surface area (Å²) in [7, 11) is 1.77. The van der Waals surface area contributed by atoms with Crippen LogP contribution in [0.3, 0.4) is 0 Å². The van der Waals surface area contributed by atoms with E-state index in [-0.39, 0.29) is 5.82 Å². The molecule has 3 aromatic rings. The van der Waals surface area contributed by atoms with Gasteiger partial charge in [0.15, 0.2) is 0 Å². The van der Waals surface area contributed by atoms with E-state index < -0.39 is 0 Å². The predicted molar refractivity (Wildman–Crippen MR) is 79.6 cm³/mol. The maximum atomic E-state index is 13.8. The number of para-hydroxylation sites is 1. The third-order valence-electron chi connectivity index (χ3n) is 2.84. The van der Waals surface area contributed by atoms with E-state index in [0.717, 1.165) is 15.9 Å². The summed E-state index contributed by atoms with van der Waals surface area (Å²) < 4.78 is 13.8. The highest BCUT2D eigenvalue weighted by atomic mass is 32.2. The maximum Gasteiger partial charge on any atom is 0.224 e. The lowest BCUT2D eigenvalue weighted by atomic mass is 10.2. The smallest absolute Gasteiger partial charge is 0.224 e. The highest BCUT2D eigenvalue weighted by Gasteiger charge is 2.10. The van der Waals surface area contributed by atoms with Crippen molar-refractivity contribution in [3.8, 4) is 0 Å². The van der Waals surface area contributed by atoms with Crippen LogP contribution in [0.25, 0.3) is 10.9 Å². The molecule has 0 aliphatic rings. The van der Waals surface area contributed by atoms with Gasteiger partial charge in [0.25, 0.3) is 0 Å². The molecule has 1 N–H and O–H groups in total. The Morgan fingerprint density at radius 1 is 1.00 bits per heavy atom. The molecule has 0 saturated carbocycles. The first-order valence-corrected chi connectivity index (χ1v) is 6.96. The number of nitrogens with one attached hydrogen (secondary N) is 1. The van der Waals surface area contributed by atoms with Gasteiger partial charge in [-0.1, -0.05) is 42.1 Å². The molecule has 0 spiro atoms. The van der Waals surface area contributed by atoms with Gasteiger partial charge in [-0.05, 0) is 18.2 Å². The predicted octanol–water partition coefficient (Wildman–Crippen LogP) is 3.96. The summed E-state index contributed by atoms with van der Waals surface area (Å²) in [6.07, 6.45) is 0. The molecule has 0 radical (unpaired) electrons. The quantitative estimate of drug-likeness (QED) is 0.739. The van der Waals surface area contributed by atoms with Gasteiger partial charge in [0.1, 0.15) is 10.8 Å². The van der Waals surface area contributed by atoms with Gasteiger partial charge in [0.2, 0.25) is 5.95 Å². The number of anilines is 1. The highest BCUT2D eigenvalue weighted by Crippen LogP contribution is 2.33. The zero-order valence-electron chi connectivity index (χ0n) is 10.8. The number of halogens is 1. The first-order valence-electron chi connectivity index (χ1n) is 6.15. The fraction of sp³-hybridized carbons (Fsp3) is 0.0667. The molecular formula is C15H12FN3S. The number of nitrogens with zero attached hydrogens (tertiary/aromatic N) is 2. The van der Waals surface area contributed by atoms with Crippen molar-refractivity contribution >= 4 is 28.6 Å². The summed E-state index contributed by atoms with van der Waals surface area (Å²) in [5.41, 5.74) is 0.839. The molecular weight excluding hydrogens is 273 g/mol. The molecule has 3 nitrogen and oxygen atoms in total. The summed E-state index contributed by atoms with van der Waals surface area (Å²) in [5, 5.41) is 4.59. The number of hydrogen-bond acceptors (Lipinski definition) is 4. The highest BCUT2D eigenvalue weighted by molar-refractivity contribution is 7.99. The summed E-state index contributed by atoms with van der Waals surface area (Å²) >= 11 is 1.31. The summed E-state index contributed by atoms with van der Waals surface area (Å²) in [6, 6.07) is 14.4. The van der Waals surface area contributed by atoms with Crippen LogP contribution < -0.4 is 5.32 Å². The summed E-state index contributed by atoms with van der Waals surface area (Å²) in [6.45, 7) is 0. The normalized spacial score (nSPS) is 10.7. The van der Waals surface area contributed by atoms with Crippen molar-refractivity contribution in [2.24, 2.45) is 0 Å². The van der Waals surface area contributed by atoms with Crippen LogP contribution in [0.5, 0.6) is 0 Å². The monoisotopic (exact) mass is 285 g/mol. The Morgan fingerprint density at radius 3 is 2.55 bits per heavy atom. The first kappa shape index (κ1) is 12.9. The van der Waals surface area contributed by atoms with E-state index in [0.29, 0.717) is 10.8 Å². The second-order valence-corrected chi connectivity index (χ2v) is 5.18. The molecule has 0 fully saturated rings. The van der Waals surface area contributed by atoms with Crippen molar-refractivity contribution in [3.63, 3.8) is 0 Å². The van der Waals surface area contributed by atoms with E-state index in [1.165, 1.54) is 17.8 Å². The van der Waals surface area contributed by atoms with Crippen LogP contribution in [-0.2, 0) is 0 Å². The number of rotatable bonds is 3. The van der Waals surface area contributed by atoms with Gasteiger partial charge in [-0.3, -0.25) is 0 Å². The van der Waals surface area contributed by atoms with E-state index in [2.05, 4.69) is 15.3 Å². The molecule has 0 amide bonds. The zero-order chi connectivity index (χ0) is 13.9. The lowest BCUT2D eigenvalue weighted by Gasteiger charge is -2.08. The fourth-order valence-electron chi connectivity index (χ4n) is 1.87. The van der Waals surface area contributed by atoms with Crippen LogP contribution in [0.1, 0.15) is 0 Å². The minimum Gasteiger partial charge on any atom is -0.357 e. The average Bonchev–Trinajstić information content (AvgIpc) is 2.49. The lowest BCUT2D eigenvalue weighted by Crippen LogP contribution is -1.98. The molecule has 0 atom stereocenters. The van der Waals surface area contributed by atoms with E-state index in [4.69, 9.17) is 0 Å². The van der Waals surface area contributed by atoms with Crippen molar-refractivity contribution in [2.45, 2.75) is 9.92 Å². The number of benzene rings is 2. The number of fused-ring (bicyclic) bond motifs is 1. The minimum atomic E-state index is -0.244. The molecule has 2 aromatic carbocycles. The molecule has 0 saturated heterocycles. The van der Waals surface area contributed by atoms with Gasteiger partial charge in [0, 0.05) is 17.3 Å². The average molecular weight is 285 g/mol. The number of aromatic nitrogens is 2. The Hall–Kier alpha value is -2.14. The van der Waals surface area contributed by atoms with E-state index in [1.807, 2.05) is 30.3 Å². The second-order valence-electron chi connectivity index (χ2n) is 4.15. The minimum absolute atomic E-state index is 0.244. The summed E-state index contributed by atoms with van der Waals surface area (Å²) in [5.74, 6) is 0.286. The van der Waals surface area contributed by atoms with Gasteiger partial charge in [-0.15, -0.1) is 0 Å². The molecule has 1 heterocycles. The van der Waals surface area contributed by atoms with Crippen LogP contribution in [-0.4, -0.2) is 17.0 Å². The Labute approximate surface area is 120 Å². The molecule has 1 aromatic heterocycles. The van der Waals surface area contributed by atoms with E-state index >= 15 is 0 Å². The molecule has 0 aliphatic carbocycles. The van der Waals surface area contributed by atoms with E-state index in [1.54, 1.807) is 19.2 Å². The molecule has 20 heavy (non-hydrogen) atoms. The van der Waals surface area contributed by atoms with Gasteiger partial charge in [-0.2, -0.15) is 0 Å². The Bertz CT molecular complexity index is 761. The maximum absolute atomic E-state index is 13.8. The third-order valence-corrected chi connectivity index (χ3v) is 3.89. The van der Waals surface area contributed by atoms with Crippen molar-refractivity contribution in [2.75, 3.05) is 12.4 Å².